The van der Waals surface area contributed by atoms with E-state index in [9.17, 15) is 0 Å². The van der Waals surface area contributed by atoms with Crippen LogP contribution < -0.4 is 0 Å². The van der Waals surface area contributed by atoms with Gasteiger partial charge in [0.05, 0.1) is 0 Å². The van der Waals surface area contributed by atoms with Crippen LogP contribution in [0.4, 0.5) is 0 Å². The molecule has 4 rings (SSSR count). The molecule has 0 saturated heterocycles. The Hall–Kier alpha value is 0. The Labute approximate surface area is 126 Å². The first-order valence-corrected chi connectivity index (χ1v) is 9.46. The Morgan fingerprint density at radius 3 is 2.25 bits per heavy atom. The molecular formula is C20H34. The molecule has 0 heterocycles. The third kappa shape index (κ3) is 1.49. The fourth-order valence-corrected chi connectivity index (χ4v) is 6.96. The molecule has 0 N–H and O–H groups in total. The summed E-state index contributed by atoms with van der Waals surface area (Å²) in [5, 5.41) is 0. The van der Waals surface area contributed by atoms with Crippen molar-refractivity contribution in [3.05, 3.63) is 0 Å². The Kier molecular flexibility index (Phi) is 2.76. The number of rotatable bonds is 7. The zero-order valence-electron chi connectivity index (χ0n) is 14.3. The molecule has 4 fully saturated rings. The van der Waals surface area contributed by atoms with Crippen molar-refractivity contribution in [3.63, 3.8) is 0 Å². The normalized spacial score (nSPS) is 55.8. The molecule has 0 spiro atoms. The molecule has 0 aromatic carbocycles. The van der Waals surface area contributed by atoms with Gasteiger partial charge in [0.15, 0.2) is 0 Å². The Morgan fingerprint density at radius 1 is 1.15 bits per heavy atom. The minimum Gasteiger partial charge on any atom is -0.0648 e. The molecule has 0 aromatic rings. The van der Waals surface area contributed by atoms with Crippen LogP contribution in [-0.4, -0.2) is 0 Å². The van der Waals surface area contributed by atoms with Gasteiger partial charge in [-0.15, -0.1) is 0 Å². The highest BCUT2D eigenvalue weighted by atomic mass is 14.9. The highest BCUT2D eigenvalue weighted by molar-refractivity contribution is 5.32. The Bertz CT molecular complexity index is 393. The second kappa shape index (κ2) is 4.05. The van der Waals surface area contributed by atoms with E-state index in [0.717, 1.165) is 34.5 Å². The van der Waals surface area contributed by atoms with E-state index in [1.807, 2.05) is 0 Å². The summed E-state index contributed by atoms with van der Waals surface area (Å²) in [5.41, 5.74) is 1.58. The fourth-order valence-electron chi connectivity index (χ4n) is 6.96. The zero-order valence-corrected chi connectivity index (χ0v) is 14.3. The third-order valence-electron chi connectivity index (χ3n) is 8.59. The molecule has 4 saturated carbocycles. The van der Waals surface area contributed by atoms with Crippen LogP contribution in [0.5, 0.6) is 0 Å². The molecule has 8 atom stereocenters. The molecular weight excluding hydrogens is 240 g/mol. The molecule has 0 bridgehead atoms. The average Bonchev–Trinajstić information content (AvgIpc) is 3.10. The lowest BCUT2D eigenvalue weighted by molar-refractivity contribution is -0.0726. The van der Waals surface area contributed by atoms with Gasteiger partial charge in [-0.2, -0.15) is 0 Å². The summed E-state index contributed by atoms with van der Waals surface area (Å²) in [6.07, 6.45) is 9.16. The second-order valence-electron chi connectivity index (χ2n) is 9.59. The maximum Gasteiger partial charge on any atom is -0.0201 e. The summed E-state index contributed by atoms with van der Waals surface area (Å²) in [6, 6.07) is 0. The van der Waals surface area contributed by atoms with Gasteiger partial charge < -0.3 is 0 Å². The van der Waals surface area contributed by atoms with Crippen LogP contribution >= 0.6 is 0 Å². The molecule has 0 aliphatic heterocycles. The lowest BCUT2D eigenvalue weighted by Gasteiger charge is -2.55. The quantitative estimate of drug-likeness (QED) is 0.553. The van der Waals surface area contributed by atoms with Crippen molar-refractivity contribution in [2.24, 2.45) is 52.3 Å². The predicted octanol–water partition coefficient (Wildman–Crippen LogP) is 5.77. The molecule has 0 nitrogen and oxygen atoms in total. The van der Waals surface area contributed by atoms with E-state index in [-0.39, 0.29) is 0 Å². The van der Waals surface area contributed by atoms with Crippen LogP contribution in [0.15, 0.2) is 0 Å². The van der Waals surface area contributed by atoms with Gasteiger partial charge in [0, 0.05) is 0 Å². The van der Waals surface area contributed by atoms with Gasteiger partial charge in [-0.3, -0.25) is 0 Å². The van der Waals surface area contributed by atoms with Crippen LogP contribution in [0, 0.1) is 52.3 Å². The van der Waals surface area contributed by atoms with Gasteiger partial charge >= 0.3 is 0 Å². The van der Waals surface area contributed by atoms with Crippen LogP contribution in [0.25, 0.3) is 0 Å². The highest BCUT2D eigenvalue weighted by Gasteiger charge is 2.85. The molecule has 0 aromatic heterocycles. The molecule has 20 heavy (non-hydrogen) atoms. The van der Waals surface area contributed by atoms with E-state index in [4.69, 9.17) is 0 Å². The van der Waals surface area contributed by atoms with Crippen molar-refractivity contribution in [1.29, 1.82) is 0 Å². The van der Waals surface area contributed by atoms with Crippen molar-refractivity contribution in [2.75, 3.05) is 0 Å². The van der Waals surface area contributed by atoms with Crippen LogP contribution in [0.1, 0.15) is 73.1 Å². The zero-order chi connectivity index (χ0) is 14.3. The van der Waals surface area contributed by atoms with E-state index in [2.05, 4.69) is 34.6 Å². The van der Waals surface area contributed by atoms with Gasteiger partial charge in [0.25, 0.3) is 0 Å². The van der Waals surface area contributed by atoms with Crippen molar-refractivity contribution >= 4 is 0 Å². The van der Waals surface area contributed by atoms with E-state index in [1.54, 1.807) is 12.8 Å². The van der Waals surface area contributed by atoms with Gasteiger partial charge in [-0.1, -0.05) is 47.5 Å². The van der Waals surface area contributed by atoms with E-state index in [0.29, 0.717) is 0 Å². The van der Waals surface area contributed by atoms with Gasteiger partial charge in [-0.25, -0.2) is 0 Å². The molecule has 4 aliphatic carbocycles. The van der Waals surface area contributed by atoms with Crippen molar-refractivity contribution in [1.82, 2.24) is 0 Å². The van der Waals surface area contributed by atoms with Gasteiger partial charge in [-0.05, 0) is 77.9 Å². The average molecular weight is 274 g/mol. The topological polar surface area (TPSA) is 0 Å². The second-order valence-corrected chi connectivity index (χ2v) is 9.59. The van der Waals surface area contributed by atoms with E-state index in [1.165, 1.54) is 43.4 Å². The van der Waals surface area contributed by atoms with Crippen LogP contribution in [0.2, 0.25) is 0 Å². The Balaban J connectivity index is 1.51. The number of hydrogen-bond acceptors (Lipinski definition) is 0. The smallest absolute Gasteiger partial charge is 0.0201 e. The minimum absolute atomic E-state index is 0.771. The van der Waals surface area contributed by atoms with Gasteiger partial charge in [0.2, 0.25) is 0 Å². The predicted molar refractivity (Wildman–Crippen MR) is 85.4 cm³/mol. The standard InChI is InChI=1S/C20H34/c1-6-19(10-14(19)5)11-20(13(4)8-7-12(2)3)16-9-15-17(16)18(15)20/h12-18H,6-11H2,1-5H3. The molecule has 4 aliphatic rings. The summed E-state index contributed by atoms with van der Waals surface area (Å²) in [4.78, 5) is 0. The SMILES string of the molecule is CCC1(CC2(C(C)CCC(C)C)C3CC4C3C42)CC1C. The molecule has 0 radical (unpaired) electrons. The fraction of sp³-hybridized carbons (Fsp3) is 1.00. The first-order valence-electron chi connectivity index (χ1n) is 9.46. The summed E-state index contributed by atoms with van der Waals surface area (Å²) in [5.74, 6) is 7.68. The lowest BCUT2D eigenvalue weighted by Crippen LogP contribution is -2.49. The first kappa shape index (κ1) is 13.6. The summed E-state index contributed by atoms with van der Waals surface area (Å²) < 4.78 is 0. The molecule has 114 valence electrons. The molecule has 8 unspecified atom stereocenters. The van der Waals surface area contributed by atoms with Crippen LogP contribution in [0.3, 0.4) is 0 Å². The van der Waals surface area contributed by atoms with Crippen molar-refractivity contribution < 1.29 is 0 Å². The Morgan fingerprint density at radius 2 is 1.85 bits per heavy atom. The van der Waals surface area contributed by atoms with Crippen LogP contribution in [-0.2, 0) is 0 Å². The molecule has 0 heteroatoms. The largest absolute Gasteiger partial charge is 0.0648 e. The van der Waals surface area contributed by atoms with Gasteiger partial charge in [0.1, 0.15) is 0 Å². The third-order valence-corrected chi connectivity index (χ3v) is 8.59. The maximum absolute atomic E-state index is 2.63. The number of hydrogen-bond donors (Lipinski definition) is 0. The summed E-state index contributed by atoms with van der Waals surface area (Å²) >= 11 is 0. The monoisotopic (exact) mass is 274 g/mol. The molecule has 0 amide bonds. The highest BCUT2D eigenvalue weighted by Crippen LogP contribution is 2.90. The number of fused-ring (bicyclic) bond motifs is 1. The lowest BCUT2D eigenvalue weighted by atomic mass is 9.49. The van der Waals surface area contributed by atoms with E-state index >= 15 is 0 Å². The summed E-state index contributed by atoms with van der Waals surface area (Å²) in [7, 11) is 0. The van der Waals surface area contributed by atoms with Crippen molar-refractivity contribution in [3.8, 4) is 0 Å². The summed E-state index contributed by atoms with van der Waals surface area (Å²) in [6.45, 7) is 12.4. The first-order chi connectivity index (χ1) is 9.46. The minimum atomic E-state index is 0.771. The van der Waals surface area contributed by atoms with E-state index < -0.39 is 0 Å². The maximum atomic E-state index is 2.63. The van der Waals surface area contributed by atoms with Crippen molar-refractivity contribution in [2.45, 2.75) is 73.1 Å².